The lowest BCUT2D eigenvalue weighted by Gasteiger charge is -2.14. The third-order valence-electron chi connectivity index (χ3n) is 3.44. The zero-order valence-electron chi connectivity index (χ0n) is 13.6. The number of hydrogen-bond acceptors (Lipinski definition) is 5. The van der Waals surface area contributed by atoms with Crippen molar-refractivity contribution in [1.29, 1.82) is 0 Å². The Morgan fingerprint density at radius 3 is 2.54 bits per heavy atom. The molecule has 2 N–H and O–H groups in total. The Hall–Kier alpha value is -2.85. The third kappa shape index (κ3) is 5.60. The minimum absolute atomic E-state index is 0.0217. The molecular weight excluding hydrogens is 359 g/mol. The zero-order chi connectivity index (χ0) is 19.5. The first kappa shape index (κ1) is 19.5. The number of ether oxygens (including phenoxy) is 1. The maximum atomic E-state index is 12.6. The number of carbonyl (C=O) groups is 3. The predicted octanol–water partition coefficient (Wildman–Crippen LogP) is 0.787. The number of nitrogens with zero attached hydrogens (tertiary/aromatic N) is 1. The molecule has 11 heteroatoms. The number of imide groups is 1. The van der Waals surface area contributed by atoms with Crippen LogP contribution < -0.4 is 16.2 Å². The van der Waals surface area contributed by atoms with Crippen molar-refractivity contribution in [3.05, 3.63) is 34.2 Å². The first-order chi connectivity index (χ1) is 12.1. The molecule has 0 spiro atoms. The van der Waals surface area contributed by atoms with Gasteiger partial charge in [-0.3, -0.25) is 19.7 Å². The topological polar surface area (TPSA) is 106 Å². The van der Waals surface area contributed by atoms with Crippen LogP contribution >= 0.6 is 0 Å². The highest BCUT2D eigenvalue weighted by molar-refractivity contribution is 5.97. The second kappa shape index (κ2) is 7.58. The van der Waals surface area contributed by atoms with Crippen molar-refractivity contribution < 1.29 is 32.3 Å². The summed E-state index contributed by atoms with van der Waals surface area (Å²) in [6, 6.07) is 0.565. The van der Waals surface area contributed by atoms with Gasteiger partial charge in [0.05, 0.1) is 5.56 Å². The van der Waals surface area contributed by atoms with Crippen LogP contribution in [0.5, 0.6) is 0 Å². The Balaban J connectivity index is 1.92. The molecule has 2 rings (SSSR count). The van der Waals surface area contributed by atoms with E-state index in [0.717, 1.165) is 12.8 Å². The average Bonchev–Trinajstić information content (AvgIpc) is 3.31. The molecule has 1 heterocycles. The van der Waals surface area contributed by atoms with Gasteiger partial charge >= 0.3 is 18.2 Å². The maximum absolute atomic E-state index is 12.6. The van der Waals surface area contributed by atoms with E-state index in [2.05, 4.69) is 5.32 Å². The predicted molar refractivity (Wildman–Crippen MR) is 81.0 cm³/mol. The van der Waals surface area contributed by atoms with Gasteiger partial charge in [-0.2, -0.15) is 13.2 Å². The number of alkyl halides is 3. The number of rotatable bonds is 5. The number of esters is 1. The smallest absolute Gasteiger partial charge is 0.417 e. The van der Waals surface area contributed by atoms with E-state index >= 15 is 0 Å². The number of nitrogens with one attached hydrogen (secondary N) is 2. The van der Waals surface area contributed by atoms with Crippen molar-refractivity contribution in [2.75, 3.05) is 0 Å². The molecule has 0 aromatic carbocycles. The fourth-order valence-corrected chi connectivity index (χ4v) is 1.91. The van der Waals surface area contributed by atoms with Gasteiger partial charge in [-0.1, -0.05) is 0 Å². The molecule has 3 amide bonds. The van der Waals surface area contributed by atoms with Crippen LogP contribution in [0.15, 0.2) is 23.1 Å². The number of urea groups is 1. The quantitative estimate of drug-likeness (QED) is 0.740. The van der Waals surface area contributed by atoms with E-state index in [-0.39, 0.29) is 6.04 Å². The van der Waals surface area contributed by atoms with Gasteiger partial charge in [0.1, 0.15) is 6.54 Å². The van der Waals surface area contributed by atoms with E-state index in [4.69, 9.17) is 4.74 Å². The van der Waals surface area contributed by atoms with E-state index < -0.39 is 47.9 Å². The number of aromatic nitrogens is 1. The van der Waals surface area contributed by atoms with Gasteiger partial charge in [0.2, 0.25) is 0 Å². The Morgan fingerprint density at radius 1 is 1.31 bits per heavy atom. The van der Waals surface area contributed by atoms with Crippen molar-refractivity contribution in [3.63, 3.8) is 0 Å². The highest BCUT2D eigenvalue weighted by Crippen LogP contribution is 2.28. The van der Waals surface area contributed by atoms with Crippen LogP contribution in [-0.4, -0.2) is 34.6 Å². The molecule has 142 valence electrons. The van der Waals surface area contributed by atoms with Crippen molar-refractivity contribution in [2.24, 2.45) is 0 Å². The molecule has 0 radical (unpaired) electrons. The van der Waals surface area contributed by atoms with Crippen LogP contribution in [0.3, 0.4) is 0 Å². The lowest BCUT2D eigenvalue weighted by Crippen LogP contribution is -2.45. The minimum atomic E-state index is -4.68. The van der Waals surface area contributed by atoms with Gasteiger partial charge in [-0.25, -0.2) is 4.79 Å². The maximum Gasteiger partial charge on any atom is 0.417 e. The lowest BCUT2D eigenvalue weighted by molar-refractivity contribution is -0.155. The molecule has 0 saturated heterocycles. The molecule has 1 unspecified atom stereocenters. The molecule has 1 aromatic rings. The monoisotopic (exact) mass is 375 g/mol. The molecule has 1 saturated carbocycles. The van der Waals surface area contributed by atoms with Crippen molar-refractivity contribution in [2.45, 2.75) is 44.6 Å². The van der Waals surface area contributed by atoms with E-state index in [9.17, 15) is 32.3 Å². The minimum Gasteiger partial charge on any atom is -0.451 e. The largest absolute Gasteiger partial charge is 0.451 e. The Kier molecular flexibility index (Phi) is 5.68. The van der Waals surface area contributed by atoms with E-state index in [1.807, 2.05) is 5.32 Å². The molecule has 1 aliphatic carbocycles. The molecule has 8 nitrogen and oxygen atoms in total. The molecule has 0 bridgehead atoms. The normalized spacial score (nSPS) is 15.1. The first-order valence-corrected chi connectivity index (χ1v) is 7.65. The molecule has 1 atom stereocenters. The van der Waals surface area contributed by atoms with Crippen molar-refractivity contribution in [3.8, 4) is 0 Å². The molecule has 1 aliphatic rings. The van der Waals surface area contributed by atoms with Gasteiger partial charge in [-0.15, -0.1) is 0 Å². The highest BCUT2D eigenvalue weighted by atomic mass is 19.4. The molecule has 0 aliphatic heterocycles. The standard InChI is InChI=1S/C15H16F3N3O5/c1-8(13(24)20-14(25)19-10-3-4-10)26-12(23)7-21-6-9(15(16,17)18)2-5-11(21)22/h2,5-6,8,10H,3-4,7H2,1H3,(H2,19,20,24,25). The van der Waals surface area contributed by atoms with E-state index in [1.165, 1.54) is 6.92 Å². The van der Waals surface area contributed by atoms with Gasteiger partial charge in [0, 0.05) is 18.3 Å². The van der Waals surface area contributed by atoms with Gasteiger partial charge in [0.25, 0.3) is 11.5 Å². The van der Waals surface area contributed by atoms with Crippen LogP contribution in [-0.2, 0) is 27.0 Å². The second-order valence-corrected chi connectivity index (χ2v) is 5.75. The van der Waals surface area contributed by atoms with E-state index in [0.29, 0.717) is 22.9 Å². The number of amides is 3. The number of halogens is 3. The number of pyridine rings is 1. The van der Waals surface area contributed by atoms with Crippen LogP contribution in [0, 0.1) is 0 Å². The van der Waals surface area contributed by atoms with Crippen LogP contribution in [0.25, 0.3) is 0 Å². The van der Waals surface area contributed by atoms with Crippen molar-refractivity contribution >= 4 is 17.9 Å². The molecule has 26 heavy (non-hydrogen) atoms. The average molecular weight is 375 g/mol. The van der Waals surface area contributed by atoms with Crippen LogP contribution in [0.4, 0.5) is 18.0 Å². The number of carbonyl (C=O) groups excluding carboxylic acids is 3. The van der Waals surface area contributed by atoms with Crippen LogP contribution in [0.1, 0.15) is 25.3 Å². The molecule has 1 fully saturated rings. The fourth-order valence-electron chi connectivity index (χ4n) is 1.91. The molecule has 1 aromatic heterocycles. The lowest BCUT2D eigenvalue weighted by atomic mass is 10.3. The summed E-state index contributed by atoms with van der Waals surface area (Å²) in [5, 5.41) is 4.47. The third-order valence-corrected chi connectivity index (χ3v) is 3.44. The van der Waals surface area contributed by atoms with Gasteiger partial charge in [0.15, 0.2) is 6.10 Å². The summed E-state index contributed by atoms with van der Waals surface area (Å²) < 4.78 is 43.2. The Bertz CT molecular complexity index is 771. The van der Waals surface area contributed by atoms with Crippen molar-refractivity contribution in [1.82, 2.24) is 15.2 Å². The molecular formula is C15H16F3N3O5. The van der Waals surface area contributed by atoms with Gasteiger partial charge in [-0.05, 0) is 25.8 Å². The van der Waals surface area contributed by atoms with E-state index in [1.54, 1.807) is 0 Å². The fraction of sp³-hybridized carbons (Fsp3) is 0.467. The summed E-state index contributed by atoms with van der Waals surface area (Å²) in [5.41, 5.74) is -1.94. The summed E-state index contributed by atoms with van der Waals surface area (Å²) in [4.78, 5) is 46.5. The van der Waals surface area contributed by atoms with Crippen LogP contribution in [0.2, 0.25) is 0 Å². The summed E-state index contributed by atoms with van der Waals surface area (Å²) in [6.07, 6.45) is -3.93. The second-order valence-electron chi connectivity index (χ2n) is 5.75. The summed E-state index contributed by atoms with van der Waals surface area (Å²) >= 11 is 0. The summed E-state index contributed by atoms with van der Waals surface area (Å²) in [7, 11) is 0. The zero-order valence-corrected chi connectivity index (χ0v) is 13.6. The summed E-state index contributed by atoms with van der Waals surface area (Å²) in [6.45, 7) is 0.376. The Morgan fingerprint density at radius 2 is 1.96 bits per heavy atom. The van der Waals surface area contributed by atoms with Gasteiger partial charge < -0.3 is 14.6 Å². The summed E-state index contributed by atoms with van der Waals surface area (Å²) in [5.74, 6) is -2.00. The highest BCUT2D eigenvalue weighted by Gasteiger charge is 2.31. The number of hydrogen-bond donors (Lipinski definition) is 2. The SMILES string of the molecule is CC(OC(=O)Cn1cc(C(F)(F)F)ccc1=O)C(=O)NC(=O)NC1CC1. The first-order valence-electron chi connectivity index (χ1n) is 7.65. The Labute approximate surface area is 145 Å².